The number of carboxylic acid groups (broad SMARTS) is 1. The number of hydrogen-bond acceptors (Lipinski definition) is 3. The minimum Gasteiger partial charge on any atom is -0.481 e. The van der Waals surface area contributed by atoms with Crippen molar-refractivity contribution in [3.05, 3.63) is 65.9 Å². The Morgan fingerprint density at radius 2 is 1.78 bits per heavy atom. The van der Waals surface area contributed by atoms with E-state index in [-0.39, 0.29) is 23.8 Å². The van der Waals surface area contributed by atoms with Crippen LogP contribution in [-0.4, -0.2) is 16.1 Å². The Hall–Kier alpha value is -3.02. The molecule has 1 N–H and O–H groups in total. The highest BCUT2D eigenvalue weighted by Gasteiger charge is 2.19. The molecule has 0 aliphatic carbocycles. The largest absolute Gasteiger partial charge is 0.481 e. The fourth-order valence-corrected chi connectivity index (χ4v) is 2.19. The molecule has 6 heteroatoms. The van der Waals surface area contributed by atoms with E-state index in [1.54, 1.807) is 6.07 Å². The second-order valence-corrected chi connectivity index (χ2v) is 4.88. The molecule has 0 spiro atoms. The maximum atomic E-state index is 13.4. The number of carboxylic acids is 1. The summed E-state index contributed by atoms with van der Waals surface area (Å²) in [5, 5.41) is 9.00. The fourth-order valence-electron chi connectivity index (χ4n) is 2.19. The summed E-state index contributed by atoms with van der Waals surface area (Å²) in [5.74, 6) is -1.62. The standard InChI is InChI=1S/C17H11F2NO3/c18-12-6-4-10(5-7-12)17-20-14(9-15(21)22)16(23-17)11-2-1-3-13(19)8-11/h1-8H,9H2,(H,21,22). The van der Waals surface area contributed by atoms with E-state index in [2.05, 4.69) is 4.98 Å². The molecule has 0 aliphatic heterocycles. The molecule has 0 unspecified atom stereocenters. The van der Waals surface area contributed by atoms with Gasteiger partial charge in [0.05, 0.1) is 12.1 Å². The number of aromatic nitrogens is 1. The number of rotatable bonds is 4. The topological polar surface area (TPSA) is 63.3 Å². The van der Waals surface area contributed by atoms with E-state index >= 15 is 0 Å². The van der Waals surface area contributed by atoms with Crippen molar-refractivity contribution in [2.75, 3.05) is 0 Å². The van der Waals surface area contributed by atoms with Gasteiger partial charge in [-0.15, -0.1) is 0 Å². The first-order valence-electron chi connectivity index (χ1n) is 6.76. The molecule has 0 atom stereocenters. The van der Waals surface area contributed by atoms with Crippen molar-refractivity contribution < 1.29 is 23.1 Å². The summed E-state index contributed by atoms with van der Waals surface area (Å²) in [6.07, 6.45) is -0.365. The smallest absolute Gasteiger partial charge is 0.309 e. The van der Waals surface area contributed by atoms with Crippen molar-refractivity contribution in [3.8, 4) is 22.8 Å². The van der Waals surface area contributed by atoms with Crippen LogP contribution in [0.25, 0.3) is 22.8 Å². The van der Waals surface area contributed by atoms with Gasteiger partial charge >= 0.3 is 5.97 Å². The first-order valence-corrected chi connectivity index (χ1v) is 6.76. The van der Waals surface area contributed by atoms with Crippen LogP contribution in [0.2, 0.25) is 0 Å². The lowest BCUT2D eigenvalue weighted by Gasteiger charge is -1.99. The van der Waals surface area contributed by atoms with Gasteiger partial charge in [-0.1, -0.05) is 12.1 Å². The molecule has 0 saturated carbocycles. The monoisotopic (exact) mass is 315 g/mol. The van der Waals surface area contributed by atoms with Crippen molar-refractivity contribution in [1.29, 1.82) is 0 Å². The third kappa shape index (κ3) is 3.26. The zero-order chi connectivity index (χ0) is 16.4. The molecule has 1 aromatic heterocycles. The molecule has 4 nitrogen and oxygen atoms in total. The summed E-state index contributed by atoms with van der Waals surface area (Å²) >= 11 is 0. The maximum absolute atomic E-state index is 13.4. The number of hydrogen-bond donors (Lipinski definition) is 1. The van der Waals surface area contributed by atoms with Crippen LogP contribution in [0.1, 0.15) is 5.69 Å². The summed E-state index contributed by atoms with van der Waals surface area (Å²) < 4.78 is 32.0. The van der Waals surface area contributed by atoms with Gasteiger partial charge in [0.1, 0.15) is 11.6 Å². The van der Waals surface area contributed by atoms with Crippen molar-refractivity contribution in [1.82, 2.24) is 4.98 Å². The number of benzene rings is 2. The van der Waals surface area contributed by atoms with Crippen LogP contribution in [0.3, 0.4) is 0 Å². The van der Waals surface area contributed by atoms with Gasteiger partial charge in [0, 0.05) is 11.1 Å². The van der Waals surface area contributed by atoms with Crippen LogP contribution in [0.5, 0.6) is 0 Å². The summed E-state index contributed by atoms with van der Waals surface area (Å²) in [6, 6.07) is 11.1. The maximum Gasteiger partial charge on any atom is 0.309 e. The molecule has 0 radical (unpaired) electrons. The van der Waals surface area contributed by atoms with E-state index in [9.17, 15) is 13.6 Å². The zero-order valence-corrected chi connectivity index (χ0v) is 11.8. The number of halogens is 2. The second-order valence-electron chi connectivity index (χ2n) is 4.88. The Kier molecular flexibility index (Phi) is 3.89. The number of aliphatic carboxylic acids is 1. The van der Waals surface area contributed by atoms with Gasteiger partial charge in [-0.2, -0.15) is 0 Å². The first kappa shape index (κ1) is 14.9. The number of nitrogens with zero attached hydrogens (tertiary/aromatic N) is 1. The van der Waals surface area contributed by atoms with Crippen LogP contribution in [0.15, 0.2) is 52.9 Å². The molecule has 23 heavy (non-hydrogen) atoms. The molecule has 0 bridgehead atoms. The second kappa shape index (κ2) is 6.00. The van der Waals surface area contributed by atoms with Gasteiger partial charge in [0.25, 0.3) is 0 Å². The lowest BCUT2D eigenvalue weighted by molar-refractivity contribution is -0.136. The molecule has 0 saturated heterocycles. The minimum absolute atomic E-state index is 0.153. The summed E-state index contributed by atoms with van der Waals surface area (Å²) in [7, 11) is 0. The summed E-state index contributed by atoms with van der Waals surface area (Å²) in [6.45, 7) is 0. The molecular weight excluding hydrogens is 304 g/mol. The Morgan fingerprint density at radius 1 is 1.04 bits per heavy atom. The van der Waals surface area contributed by atoms with Gasteiger partial charge in [0.15, 0.2) is 5.76 Å². The average Bonchev–Trinajstić information content (AvgIpc) is 2.91. The zero-order valence-electron chi connectivity index (χ0n) is 11.8. The van der Waals surface area contributed by atoms with Crippen molar-refractivity contribution in [2.24, 2.45) is 0 Å². The van der Waals surface area contributed by atoms with Gasteiger partial charge < -0.3 is 9.52 Å². The van der Waals surface area contributed by atoms with Crippen molar-refractivity contribution in [2.45, 2.75) is 6.42 Å². The van der Waals surface area contributed by atoms with E-state index in [0.29, 0.717) is 11.1 Å². The lowest BCUT2D eigenvalue weighted by atomic mass is 10.1. The normalized spacial score (nSPS) is 10.7. The molecule has 2 aromatic carbocycles. The van der Waals surface area contributed by atoms with Crippen LogP contribution in [-0.2, 0) is 11.2 Å². The molecule has 0 fully saturated rings. The third-order valence-corrected chi connectivity index (χ3v) is 3.19. The minimum atomic E-state index is -1.08. The average molecular weight is 315 g/mol. The van der Waals surface area contributed by atoms with Gasteiger partial charge in [0.2, 0.25) is 5.89 Å². The molecule has 0 amide bonds. The Morgan fingerprint density at radius 3 is 2.43 bits per heavy atom. The van der Waals surface area contributed by atoms with E-state index < -0.39 is 17.6 Å². The fraction of sp³-hybridized carbons (Fsp3) is 0.0588. The first-order chi connectivity index (χ1) is 11.0. The predicted octanol–water partition coefficient (Wildman–Crippen LogP) is 3.91. The highest BCUT2D eigenvalue weighted by molar-refractivity contribution is 5.74. The lowest BCUT2D eigenvalue weighted by Crippen LogP contribution is -2.01. The summed E-state index contributed by atoms with van der Waals surface area (Å²) in [4.78, 5) is 15.2. The quantitative estimate of drug-likeness (QED) is 0.793. The third-order valence-electron chi connectivity index (χ3n) is 3.19. The number of carbonyl (C=O) groups is 1. The van der Waals surface area contributed by atoms with Crippen LogP contribution >= 0.6 is 0 Å². The summed E-state index contributed by atoms with van der Waals surface area (Å²) in [5.41, 5.74) is 1.07. The van der Waals surface area contributed by atoms with E-state index in [1.165, 1.54) is 42.5 Å². The SMILES string of the molecule is O=C(O)Cc1nc(-c2ccc(F)cc2)oc1-c1cccc(F)c1. The van der Waals surface area contributed by atoms with Crippen molar-refractivity contribution in [3.63, 3.8) is 0 Å². The predicted molar refractivity (Wildman–Crippen MR) is 78.6 cm³/mol. The Labute approximate surface area is 130 Å². The van der Waals surface area contributed by atoms with E-state index in [0.717, 1.165) is 0 Å². The Balaban J connectivity index is 2.10. The van der Waals surface area contributed by atoms with Crippen molar-refractivity contribution >= 4 is 5.97 Å². The van der Waals surface area contributed by atoms with E-state index in [4.69, 9.17) is 9.52 Å². The van der Waals surface area contributed by atoms with Gasteiger partial charge in [-0.25, -0.2) is 13.8 Å². The molecule has 1 heterocycles. The van der Waals surface area contributed by atoms with Crippen LogP contribution in [0.4, 0.5) is 8.78 Å². The highest BCUT2D eigenvalue weighted by Crippen LogP contribution is 2.30. The number of oxazole rings is 1. The molecule has 0 aliphatic rings. The van der Waals surface area contributed by atoms with E-state index in [1.807, 2.05) is 0 Å². The Bertz CT molecular complexity index is 857. The highest BCUT2D eigenvalue weighted by atomic mass is 19.1. The van der Waals surface area contributed by atoms with Gasteiger partial charge in [-0.05, 0) is 36.4 Å². The molecule has 116 valence electrons. The van der Waals surface area contributed by atoms with Crippen LogP contribution < -0.4 is 0 Å². The van der Waals surface area contributed by atoms with Gasteiger partial charge in [-0.3, -0.25) is 4.79 Å². The molecule has 3 rings (SSSR count). The molecule has 3 aromatic rings. The molecular formula is C17H11F2NO3. The van der Waals surface area contributed by atoms with Crippen LogP contribution in [0, 0.1) is 11.6 Å².